The molecule has 0 spiro atoms. The Bertz CT molecular complexity index is 542. The zero-order chi connectivity index (χ0) is 12.4. The van der Waals surface area contributed by atoms with E-state index in [2.05, 4.69) is 23.2 Å². The van der Waals surface area contributed by atoms with E-state index in [4.69, 9.17) is 10.5 Å². The zero-order valence-corrected chi connectivity index (χ0v) is 10.4. The first-order valence-corrected chi connectivity index (χ1v) is 6.46. The molecule has 1 fully saturated rings. The van der Waals surface area contributed by atoms with Gasteiger partial charge in [0.1, 0.15) is 0 Å². The van der Waals surface area contributed by atoms with Gasteiger partial charge in [-0.2, -0.15) is 0 Å². The molecule has 0 atom stereocenters. The maximum atomic E-state index is 6.48. The van der Waals surface area contributed by atoms with Gasteiger partial charge in [0, 0.05) is 30.3 Å². The van der Waals surface area contributed by atoms with Crippen LogP contribution in [0.15, 0.2) is 36.5 Å². The molecule has 1 aliphatic heterocycles. The summed E-state index contributed by atoms with van der Waals surface area (Å²) in [6.45, 7) is 1.55. The molecule has 0 aliphatic carbocycles. The van der Waals surface area contributed by atoms with Crippen molar-refractivity contribution in [1.29, 1.82) is 0 Å². The van der Waals surface area contributed by atoms with Gasteiger partial charge in [-0.1, -0.05) is 18.2 Å². The first-order valence-electron chi connectivity index (χ1n) is 6.46. The van der Waals surface area contributed by atoms with E-state index in [0.717, 1.165) is 38.0 Å². The highest BCUT2D eigenvalue weighted by molar-refractivity contribution is 5.81. The van der Waals surface area contributed by atoms with Crippen LogP contribution in [0.25, 0.3) is 10.9 Å². The molecule has 94 valence electrons. The minimum absolute atomic E-state index is 0.123. The monoisotopic (exact) mass is 242 g/mol. The maximum absolute atomic E-state index is 6.48. The fourth-order valence-corrected chi connectivity index (χ4v) is 2.64. The Morgan fingerprint density at radius 3 is 2.78 bits per heavy atom. The van der Waals surface area contributed by atoms with Gasteiger partial charge in [0.05, 0.1) is 5.52 Å². The number of ether oxygens (including phenoxy) is 1. The smallest absolute Gasteiger partial charge is 0.0704 e. The molecular formula is C15H18N2O. The van der Waals surface area contributed by atoms with Crippen molar-refractivity contribution in [3.05, 3.63) is 42.1 Å². The number of hydrogen-bond acceptors (Lipinski definition) is 3. The van der Waals surface area contributed by atoms with Crippen LogP contribution in [0.1, 0.15) is 18.4 Å². The van der Waals surface area contributed by atoms with Crippen LogP contribution in [0, 0.1) is 0 Å². The molecule has 1 aliphatic rings. The van der Waals surface area contributed by atoms with E-state index < -0.39 is 0 Å². The molecular weight excluding hydrogens is 224 g/mol. The molecule has 1 aromatic carbocycles. The fourth-order valence-electron chi connectivity index (χ4n) is 2.64. The van der Waals surface area contributed by atoms with Gasteiger partial charge in [-0.25, -0.2) is 0 Å². The Morgan fingerprint density at radius 1 is 1.17 bits per heavy atom. The molecule has 1 aromatic heterocycles. The number of nitrogens with zero attached hydrogens (tertiary/aromatic N) is 1. The Balaban J connectivity index is 1.94. The molecule has 18 heavy (non-hydrogen) atoms. The van der Waals surface area contributed by atoms with E-state index in [1.54, 1.807) is 0 Å². The number of pyridine rings is 1. The summed E-state index contributed by atoms with van der Waals surface area (Å²) in [5.41, 5.74) is 8.70. The summed E-state index contributed by atoms with van der Waals surface area (Å²) >= 11 is 0. The van der Waals surface area contributed by atoms with Gasteiger partial charge in [-0.15, -0.1) is 0 Å². The van der Waals surface area contributed by atoms with Crippen LogP contribution in [-0.4, -0.2) is 23.7 Å². The van der Waals surface area contributed by atoms with Crippen molar-refractivity contribution in [2.45, 2.75) is 24.8 Å². The molecule has 0 unspecified atom stereocenters. The topological polar surface area (TPSA) is 48.1 Å². The maximum Gasteiger partial charge on any atom is 0.0704 e. The lowest BCUT2D eigenvalue weighted by Crippen LogP contribution is -2.46. The summed E-state index contributed by atoms with van der Waals surface area (Å²) in [5.74, 6) is 0. The van der Waals surface area contributed by atoms with Gasteiger partial charge in [-0.3, -0.25) is 4.98 Å². The number of para-hydroxylation sites is 1. The van der Waals surface area contributed by atoms with Gasteiger partial charge in [0.25, 0.3) is 0 Å². The van der Waals surface area contributed by atoms with E-state index >= 15 is 0 Å². The third-order valence-corrected chi connectivity index (χ3v) is 3.77. The summed E-state index contributed by atoms with van der Waals surface area (Å²) in [5, 5.41) is 1.22. The number of benzene rings is 1. The normalized spacial score (nSPS) is 18.9. The van der Waals surface area contributed by atoms with E-state index in [1.807, 2.05) is 18.3 Å². The minimum Gasteiger partial charge on any atom is -0.381 e. The first-order chi connectivity index (χ1) is 8.77. The summed E-state index contributed by atoms with van der Waals surface area (Å²) < 4.78 is 5.40. The molecule has 0 amide bonds. The molecule has 3 heteroatoms. The highest BCUT2D eigenvalue weighted by Crippen LogP contribution is 2.26. The lowest BCUT2D eigenvalue weighted by atomic mass is 9.84. The third kappa shape index (κ3) is 2.24. The van der Waals surface area contributed by atoms with Crippen molar-refractivity contribution >= 4 is 10.9 Å². The van der Waals surface area contributed by atoms with Gasteiger partial charge >= 0.3 is 0 Å². The van der Waals surface area contributed by atoms with Gasteiger partial charge in [0.15, 0.2) is 0 Å². The number of nitrogens with two attached hydrogens (primary N) is 1. The average Bonchev–Trinajstić information content (AvgIpc) is 2.40. The molecule has 0 bridgehead atoms. The van der Waals surface area contributed by atoms with Gasteiger partial charge in [0.2, 0.25) is 0 Å². The highest BCUT2D eigenvalue weighted by Gasteiger charge is 2.28. The number of fused-ring (bicyclic) bond motifs is 1. The minimum atomic E-state index is -0.123. The molecule has 2 aromatic rings. The van der Waals surface area contributed by atoms with Crippen LogP contribution in [0.2, 0.25) is 0 Å². The van der Waals surface area contributed by atoms with Crippen LogP contribution < -0.4 is 5.73 Å². The van der Waals surface area contributed by atoms with Crippen molar-refractivity contribution in [3.8, 4) is 0 Å². The number of rotatable bonds is 2. The van der Waals surface area contributed by atoms with Crippen LogP contribution in [0.5, 0.6) is 0 Å². The summed E-state index contributed by atoms with van der Waals surface area (Å²) in [4.78, 5) is 4.39. The van der Waals surface area contributed by atoms with Crippen LogP contribution in [0.3, 0.4) is 0 Å². The number of hydrogen-bond donors (Lipinski definition) is 1. The Hall–Kier alpha value is -1.45. The summed E-state index contributed by atoms with van der Waals surface area (Å²) in [6.07, 6.45) is 4.65. The highest BCUT2D eigenvalue weighted by atomic mass is 16.5. The van der Waals surface area contributed by atoms with E-state index in [1.165, 1.54) is 10.9 Å². The molecule has 2 heterocycles. The molecule has 3 nitrogen and oxygen atoms in total. The predicted molar refractivity (Wildman–Crippen MR) is 72.4 cm³/mol. The molecule has 3 rings (SSSR count). The lowest BCUT2D eigenvalue weighted by molar-refractivity contribution is 0.0534. The van der Waals surface area contributed by atoms with Crippen molar-refractivity contribution in [1.82, 2.24) is 4.98 Å². The third-order valence-electron chi connectivity index (χ3n) is 3.77. The molecule has 2 N–H and O–H groups in total. The van der Waals surface area contributed by atoms with Crippen LogP contribution in [-0.2, 0) is 11.2 Å². The van der Waals surface area contributed by atoms with Crippen molar-refractivity contribution in [3.63, 3.8) is 0 Å². The second-order valence-corrected chi connectivity index (χ2v) is 5.14. The van der Waals surface area contributed by atoms with Crippen LogP contribution in [0.4, 0.5) is 0 Å². The van der Waals surface area contributed by atoms with Crippen molar-refractivity contribution in [2.24, 2.45) is 5.73 Å². The van der Waals surface area contributed by atoms with Gasteiger partial charge in [-0.05, 0) is 37.0 Å². The second kappa shape index (κ2) is 4.67. The lowest BCUT2D eigenvalue weighted by Gasteiger charge is -2.33. The van der Waals surface area contributed by atoms with E-state index in [0.29, 0.717) is 0 Å². The fraction of sp³-hybridized carbons (Fsp3) is 0.400. The van der Waals surface area contributed by atoms with Crippen molar-refractivity contribution < 1.29 is 4.74 Å². The summed E-state index contributed by atoms with van der Waals surface area (Å²) in [7, 11) is 0. The number of aromatic nitrogens is 1. The second-order valence-electron chi connectivity index (χ2n) is 5.14. The average molecular weight is 242 g/mol. The first kappa shape index (κ1) is 11.6. The predicted octanol–water partition coefficient (Wildman–Crippen LogP) is 2.29. The van der Waals surface area contributed by atoms with Gasteiger partial charge < -0.3 is 10.5 Å². The molecule has 0 saturated carbocycles. The summed E-state index contributed by atoms with van der Waals surface area (Å²) in [6, 6.07) is 10.3. The Morgan fingerprint density at radius 2 is 1.94 bits per heavy atom. The van der Waals surface area contributed by atoms with E-state index in [-0.39, 0.29) is 5.54 Å². The zero-order valence-electron chi connectivity index (χ0n) is 10.4. The molecule has 0 radical (unpaired) electrons. The SMILES string of the molecule is NC1(Cc2ccnc3ccccc23)CCOCC1. The standard InChI is InChI=1S/C15H18N2O/c16-15(6-9-18-10-7-15)11-12-5-8-17-14-4-2-1-3-13(12)14/h1-5,8H,6-7,9-11,16H2. The Labute approximate surface area is 107 Å². The van der Waals surface area contributed by atoms with Crippen LogP contribution >= 0.6 is 0 Å². The van der Waals surface area contributed by atoms with Crippen molar-refractivity contribution in [2.75, 3.05) is 13.2 Å². The largest absolute Gasteiger partial charge is 0.381 e. The molecule has 1 saturated heterocycles. The van der Waals surface area contributed by atoms with E-state index in [9.17, 15) is 0 Å². The Kier molecular flexibility index (Phi) is 3.02. The quantitative estimate of drug-likeness (QED) is 0.879.